The number of rotatable bonds is 3. The Morgan fingerprint density at radius 3 is 2.75 bits per heavy atom. The predicted octanol–water partition coefficient (Wildman–Crippen LogP) is 1.24. The Labute approximate surface area is 99.1 Å². The van der Waals surface area contributed by atoms with Crippen molar-refractivity contribution >= 4 is 23.6 Å². The molecule has 0 spiro atoms. The molecule has 1 aliphatic rings. The first-order valence-corrected chi connectivity index (χ1v) is 5.42. The second-order valence-electron chi connectivity index (χ2n) is 3.92. The summed E-state index contributed by atoms with van der Waals surface area (Å²) in [5, 5.41) is 11.8. The highest BCUT2D eigenvalue weighted by Crippen LogP contribution is 2.23. The molecular formula is C10H15ClN2O3. The van der Waals surface area contributed by atoms with Crippen LogP contribution < -0.4 is 5.32 Å². The monoisotopic (exact) mass is 246 g/mol. The smallest absolute Gasteiger partial charge is 0.326 e. The number of carbonyl (C=O) groups excluding carboxylic acids is 1. The van der Waals surface area contributed by atoms with Gasteiger partial charge in [-0.1, -0.05) is 25.1 Å². The third-order valence-corrected chi connectivity index (χ3v) is 2.78. The van der Waals surface area contributed by atoms with Crippen molar-refractivity contribution in [2.24, 2.45) is 5.92 Å². The molecule has 0 aromatic heterocycles. The largest absolute Gasteiger partial charge is 0.480 e. The molecule has 2 N–H and O–H groups in total. The summed E-state index contributed by atoms with van der Waals surface area (Å²) in [6.07, 6.45) is 0.701. The fourth-order valence-corrected chi connectivity index (χ4v) is 1.89. The van der Waals surface area contributed by atoms with Gasteiger partial charge in [-0.25, -0.2) is 9.59 Å². The van der Waals surface area contributed by atoms with Gasteiger partial charge in [-0.3, -0.25) is 0 Å². The molecule has 16 heavy (non-hydrogen) atoms. The topological polar surface area (TPSA) is 69.6 Å². The fourth-order valence-electron chi connectivity index (χ4n) is 1.82. The van der Waals surface area contributed by atoms with Gasteiger partial charge in [0, 0.05) is 11.6 Å². The molecule has 5 nitrogen and oxygen atoms in total. The van der Waals surface area contributed by atoms with Crippen LogP contribution >= 0.6 is 11.6 Å². The Morgan fingerprint density at radius 2 is 2.25 bits per heavy atom. The molecule has 1 rings (SSSR count). The van der Waals surface area contributed by atoms with Crippen LogP contribution in [0.25, 0.3) is 0 Å². The van der Waals surface area contributed by atoms with Crippen LogP contribution in [0.1, 0.15) is 13.3 Å². The third-order valence-electron chi connectivity index (χ3n) is 2.65. The second kappa shape index (κ2) is 5.21. The number of amides is 2. The molecule has 2 atom stereocenters. The number of hydrogen-bond acceptors (Lipinski definition) is 2. The molecule has 90 valence electrons. The van der Waals surface area contributed by atoms with E-state index in [1.54, 1.807) is 0 Å². The van der Waals surface area contributed by atoms with E-state index in [4.69, 9.17) is 16.7 Å². The van der Waals surface area contributed by atoms with E-state index in [-0.39, 0.29) is 12.5 Å². The van der Waals surface area contributed by atoms with Gasteiger partial charge in [-0.05, 0) is 12.3 Å². The number of carboxylic acids is 1. The minimum Gasteiger partial charge on any atom is -0.480 e. The van der Waals surface area contributed by atoms with Crippen molar-refractivity contribution in [3.8, 4) is 0 Å². The molecule has 1 aliphatic heterocycles. The Hall–Kier alpha value is -1.23. The van der Waals surface area contributed by atoms with Crippen molar-refractivity contribution in [2.75, 3.05) is 13.1 Å². The van der Waals surface area contributed by atoms with Gasteiger partial charge in [0.25, 0.3) is 0 Å². The number of nitrogens with one attached hydrogen (secondary N) is 1. The maximum atomic E-state index is 11.7. The number of nitrogens with zero attached hydrogens (tertiary/aromatic N) is 1. The highest BCUT2D eigenvalue weighted by atomic mass is 35.5. The van der Waals surface area contributed by atoms with Gasteiger partial charge < -0.3 is 15.3 Å². The minimum atomic E-state index is -0.968. The molecule has 2 amide bonds. The van der Waals surface area contributed by atoms with E-state index in [1.807, 2.05) is 6.92 Å². The van der Waals surface area contributed by atoms with Gasteiger partial charge in [0.15, 0.2) is 0 Å². The van der Waals surface area contributed by atoms with E-state index < -0.39 is 18.0 Å². The van der Waals surface area contributed by atoms with Crippen LogP contribution in [-0.4, -0.2) is 41.1 Å². The van der Waals surface area contributed by atoms with Crippen LogP contribution in [0.3, 0.4) is 0 Å². The SMILES string of the molecule is C=C(Cl)CNC(=O)N1CCC(C)C1C(=O)O. The van der Waals surface area contributed by atoms with E-state index >= 15 is 0 Å². The van der Waals surface area contributed by atoms with Crippen LogP contribution in [0.4, 0.5) is 4.79 Å². The Balaban J connectivity index is 2.61. The summed E-state index contributed by atoms with van der Waals surface area (Å²) in [4.78, 5) is 24.0. The maximum Gasteiger partial charge on any atom is 0.326 e. The zero-order valence-electron chi connectivity index (χ0n) is 9.07. The number of halogens is 1. The quantitative estimate of drug-likeness (QED) is 0.787. The molecule has 2 unspecified atom stereocenters. The van der Waals surface area contributed by atoms with Gasteiger partial charge >= 0.3 is 12.0 Å². The molecule has 0 bridgehead atoms. The van der Waals surface area contributed by atoms with E-state index in [0.29, 0.717) is 18.0 Å². The molecule has 1 fully saturated rings. The summed E-state index contributed by atoms with van der Waals surface area (Å²) in [7, 11) is 0. The predicted molar refractivity (Wildman–Crippen MR) is 60.3 cm³/mol. The molecule has 0 radical (unpaired) electrons. The second-order valence-corrected chi connectivity index (χ2v) is 4.45. The van der Waals surface area contributed by atoms with Gasteiger partial charge in [-0.15, -0.1) is 0 Å². The summed E-state index contributed by atoms with van der Waals surface area (Å²) in [5.74, 6) is -0.993. The van der Waals surface area contributed by atoms with Crippen molar-refractivity contribution < 1.29 is 14.7 Å². The molecule has 1 heterocycles. The van der Waals surface area contributed by atoms with Crippen LogP contribution in [-0.2, 0) is 4.79 Å². The number of urea groups is 1. The molecule has 0 aliphatic carbocycles. The van der Waals surface area contributed by atoms with Crippen LogP contribution in [0, 0.1) is 5.92 Å². The lowest BCUT2D eigenvalue weighted by Crippen LogP contribution is -2.47. The van der Waals surface area contributed by atoms with Crippen LogP contribution in [0.5, 0.6) is 0 Å². The van der Waals surface area contributed by atoms with Gasteiger partial charge in [0.1, 0.15) is 6.04 Å². The summed E-state index contributed by atoms with van der Waals surface area (Å²) in [5.41, 5.74) is 0. The van der Waals surface area contributed by atoms with E-state index in [1.165, 1.54) is 4.90 Å². The zero-order valence-corrected chi connectivity index (χ0v) is 9.83. The summed E-state index contributed by atoms with van der Waals surface area (Å²) in [6.45, 7) is 5.87. The van der Waals surface area contributed by atoms with Gasteiger partial charge in [-0.2, -0.15) is 0 Å². The average Bonchev–Trinajstić information content (AvgIpc) is 2.56. The van der Waals surface area contributed by atoms with E-state index in [9.17, 15) is 9.59 Å². The maximum absolute atomic E-state index is 11.7. The number of hydrogen-bond donors (Lipinski definition) is 2. The molecule has 6 heteroatoms. The van der Waals surface area contributed by atoms with Crippen molar-refractivity contribution in [3.63, 3.8) is 0 Å². The zero-order chi connectivity index (χ0) is 12.3. The summed E-state index contributed by atoms with van der Waals surface area (Å²) >= 11 is 5.51. The number of carbonyl (C=O) groups is 2. The average molecular weight is 247 g/mol. The van der Waals surface area contributed by atoms with Gasteiger partial charge in [0.05, 0.1) is 6.54 Å². The number of aliphatic carboxylic acids is 1. The van der Waals surface area contributed by atoms with Crippen LogP contribution in [0.2, 0.25) is 0 Å². The molecule has 0 aromatic carbocycles. The van der Waals surface area contributed by atoms with Gasteiger partial charge in [0.2, 0.25) is 0 Å². The summed E-state index contributed by atoms with van der Waals surface area (Å²) < 4.78 is 0. The minimum absolute atomic E-state index is 0.0255. The normalized spacial score (nSPS) is 24.2. The fraction of sp³-hybridized carbons (Fsp3) is 0.600. The lowest BCUT2D eigenvalue weighted by Gasteiger charge is -2.23. The third kappa shape index (κ3) is 2.88. The highest BCUT2D eigenvalue weighted by molar-refractivity contribution is 6.29. The van der Waals surface area contributed by atoms with Crippen molar-refractivity contribution in [3.05, 3.63) is 11.6 Å². The van der Waals surface area contributed by atoms with E-state index in [2.05, 4.69) is 11.9 Å². The highest BCUT2D eigenvalue weighted by Gasteiger charge is 2.39. The van der Waals surface area contributed by atoms with Crippen molar-refractivity contribution in [1.82, 2.24) is 10.2 Å². The first-order chi connectivity index (χ1) is 7.43. The lowest BCUT2D eigenvalue weighted by atomic mass is 10.0. The molecule has 0 saturated carbocycles. The molecular weight excluding hydrogens is 232 g/mol. The van der Waals surface area contributed by atoms with Crippen LogP contribution in [0.15, 0.2) is 11.6 Å². The first-order valence-electron chi connectivity index (χ1n) is 5.04. The number of carboxylic acid groups (broad SMARTS) is 1. The Morgan fingerprint density at radius 1 is 1.62 bits per heavy atom. The van der Waals surface area contributed by atoms with Crippen molar-refractivity contribution in [1.29, 1.82) is 0 Å². The lowest BCUT2D eigenvalue weighted by molar-refractivity contribution is -0.142. The first kappa shape index (κ1) is 12.8. The molecule has 0 aromatic rings. The van der Waals surface area contributed by atoms with Crippen molar-refractivity contribution in [2.45, 2.75) is 19.4 Å². The Kier molecular flexibility index (Phi) is 4.18. The molecule has 1 saturated heterocycles. The summed E-state index contributed by atoms with van der Waals surface area (Å²) in [6, 6.07) is -1.15. The van der Waals surface area contributed by atoms with E-state index in [0.717, 1.165) is 0 Å². The Bertz CT molecular complexity index is 319. The standard InChI is InChI=1S/C10H15ClN2O3/c1-6-3-4-13(8(6)9(14)15)10(16)12-5-7(2)11/h6,8H,2-5H2,1H3,(H,12,16)(H,14,15). The number of likely N-dealkylation sites (tertiary alicyclic amines) is 1.